The average molecular weight is 317 g/mol. The van der Waals surface area contributed by atoms with Crippen molar-refractivity contribution in [3.63, 3.8) is 0 Å². The van der Waals surface area contributed by atoms with E-state index in [9.17, 15) is 13.2 Å². The molecule has 1 atom stereocenters. The number of pyridine rings is 1. The number of rotatable bonds is 3. The van der Waals surface area contributed by atoms with Crippen LogP contribution in [0.15, 0.2) is 47.5 Å². The first-order valence-corrected chi connectivity index (χ1v) is 8.37. The third-order valence-electron chi connectivity index (χ3n) is 3.74. The molecular weight excluding hydrogens is 302 g/mol. The maximum absolute atomic E-state index is 12.2. The lowest BCUT2D eigenvalue weighted by Gasteiger charge is -2.13. The van der Waals surface area contributed by atoms with Crippen molar-refractivity contribution in [2.75, 3.05) is 0 Å². The zero-order chi connectivity index (χ0) is 15.7. The first-order chi connectivity index (χ1) is 10.4. The van der Waals surface area contributed by atoms with E-state index < -0.39 is 10.0 Å². The molecule has 7 heteroatoms. The summed E-state index contributed by atoms with van der Waals surface area (Å²) in [5.41, 5.74) is 2.53. The predicted octanol–water partition coefficient (Wildman–Crippen LogP) is 1.15. The second-order valence-corrected chi connectivity index (χ2v) is 6.75. The van der Waals surface area contributed by atoms with Crippen LogP contribution in [0.5, 0.6) is 0 Å². The largest absolute Gasteiger partial charge is 0.344 e. The Bertz CT molecular complexity index is 816. The number of aryl methyl sites for hydroxylation is 1. The van der Waals surface area contributed by atoms with Gasteiger partial charge in [0.1, 0.15) is 10.6 Å². The molecule has 1 heterocycles. The van der Waals surface area contributed by atoms with Crippen molar-refractivity contribution in [2.24, 2.45) is 5.14 Å². The smallest absolute Gasteiger partial charge is 0.270 e. The molecule has 0 aliphatic heterocycles. The first-order valence-electron chi connectivity index (χ1n) is 6.82. The monoisotopic (exact) mass is 317 g/mol. The topological polar surface area (TPSA) is 102 Å². The van der Waals surface area contributed by atoms with Crippen LogP contribution in [0.2, 0.25) is 0 Å². The van der Waals surface area contributed by atoms with Gasteiger partial charge in [0, 0.05) is 6.20 Å². The van der Waals surface area contributed by atoms with Gasteiger partial charge in [-0.05, 0) is 36.1 Å². The molecule has 22 heavy (non-hydrogen) atoms. The molecule has 0 unspecified atom stereocenters. The van der Waals surface area contributed by atoms with Crippen LogP contribution in [-0.4, -0.2) is 19.3 Å². The van der Waals surface area contributed by atoms with Crippen LogP contribution in [0.1, 0.15) is 34.1 Å². The van der Waals surface area contributed by atoms with E-state index in [0.29, 0.717) is 0 Å². The summed E-state index contributed by atoms with van der Waals surface area (Å²) in [6.45, 7) is 0. The van der Waals surface area contributed by atoms with Gasteiger partial charge in [-0.25, -0.2) is 18.5 Å². The van der Waals surface area contributed by atoms with E-state index in [1.165, 1.54) is 17.7 Å². The number of carbonyl (C=O) groups excluding carboxylic acids is 1. The van der Waals surface area contributed by atoms with Gasteiger partial charge in [0.15, 0.2) is 0 Å². The Morgan fingerprint density at radius 2 is 2.00 bits per heavy atom. The van der Waals surface area contributed by atoms with Gasteiger partial charge in [0.2, 0.25) is 10.0 Å². The molecule has 1 aliphatic carbocycles. The highest BCUT2D eigenvalue weighted by Crippen LogP contribution is 2.30. The first kappa shape index (κ1) is 14.7. The fourth-order valence-corrected chi connectivity index (χ4v) is 3.08. The Balaban J connectivity index is 1.76. The molecule has 1 aromatic heterocycles. The van der Waals surface area contributed by atoms with Crippen LogP contribution in [0.3, 0.4) is 0 Å². The molecule has 6 nitrogen and oxygen atoms in total. The zero-order valence-corrected chi connectivity index (χ0v) is 12.5. The summed E-state index contributed by atoms with van der Waals surface area (Å²) in [6, 6.07) is 10.6. The van der Waals surface area contributed by atoms with Gasteiger partial charge in [0.05, 0.1) is 6.04 Å². The van der Waals surface area contributed by atoms with Crippen LogP contribution in [0.4, 0.5) is 0 Å². The van der Waals surface area contributed by atoms with Crippen LogP contribution in [0, 0.1) is 0 Å². The Kier molecular flexibility index (Phi) is 3.67. The number of amides is 1. The van der Waals surface area contributed by atoms with E-state index in [1.54, 1.807) is 0 Å². The summed E-state index contributed by atoms with van der Waals surface area (Å²) in [5.74, 6) is -0.331. The third-order valence-corrected chi connectivity index (χ3v) is 4.63. The lowest BCUT2D eigenvalue weighted by Crippen LogP contribution is -2.28. The fraction of sp³-hybridized carbons (Fsp3) is 0.200. The molecule has 0 radical (unpaired) electrons. The van der Waals surface area contributed by atoms with Crippen molar-refractivity contribution >= 4 is 15.9 Å². The summed E-state index contributed by atoms with van der Waals surface area (Å²) >= 11 is 0. The minimum Gasteiger partial charge on any atom is -0.344 e. The number of nitrogens with one attached hydrogen (secondary N) is 1. The molecule has 1 aliphatic rings. The van der Waals surface area contributed by atoms with Crippen LogP contribution < -0.4 is 10.5 Å². The number of aromatic nitrogens is 1. The molecular formula is C15H15N3O3S. The highest BCUT2D eigenvalue weighted by atomic mass is 32.2. The molecule has 1 aromatic carbocycles. The predicted molar refractivity (Wildman–Crippen MR) is 80.6 cm³/mol. The quantitative estimate of drug-likeness (QED) is 0.886. The second kappa shape index (κ2) is 5.51. The number of benzene rings is 1. The van der Waals surface area contributed by atoms with Crippen LogP contribution in [0.25, 0.3) is 0 Å². The molecule has 3 rings (SSSR count). The Morgan fingerprint density at radius 3 is 2.68 bits per heavy atom. The molecule has 2 aromatic rings. The van der Waals surface area contributed by atoms with Crippen LogP contribution >= 0.6 is 0 Å². The van der Waals surface area contributed by atoms with Gasteiger partial charge in [0.25, 0.3) is 5.91 Å². The maximum atomic E-state index is 12.2. The van der Waals surface area contributed by atoms with Crippen molar-refractivity contribution in [1.82, 2.24) is 10.3 Å². The second-order valence-electron chi connectivity index (χ2n) is 5.19. The van der Waals surface area contributed by atoms with Gasteiger partial charge in [-0.15, -0.1) is 0 Å². The average Bonchev–Trinajstić information content (AvgIpc) is 2.90. The fourth-order valence-electron chi connectivity index (χ4n) is 2.62. The van der Waals surface area contributed by atoms with E-state index in [2.05, 4.69) is 16.4 Å². The number of carbonyl (C=O) groups is 1. The summed E-state index contributed by atoms with van der Waals surface area (Å²) in [7, 11) is -3.80. The number of nitrogens with two attached hydrogens (primary N) is 1. The van der Waals surface area contributed by atoms with E-state index in [4.69, 9.17) is 5.14 Å². The molecule has 3 N–H and O–H groups in total. The summed E-state index contributed by atoms with van der Waals surface area (Å²) < 4.78 is 22.3. The van der Waals surface area contributed by atoms with Gasteiger partial charge < -0.3 is 5.32 Å². The lowest BCUT2D eigenvalue weighted by atomic mass is 10.1. The number of hydrogen-bond donors (Lipinski definition) is 2. The number of primary sulfonamides is 1. The van der Waals surface area contributed by atoms with E-state index in [-0.39, 0.29) is 22.5 Å². The van der Waals surface area contributed by atoms with E-state index >= 15 is 0 Å². The van der Waals surface area contributed by atoms with Crippen molar-refractivity contribution in [3.8, 4) is 0 Å². The SMILES string of the molecule is NS(=O)(=O)c1ccc(C(=O)N[C@H]2CCc3ccccc32)nc1. The van der Waals surface area contributed by atoms with Gasteiger partial charge in [-0.3, -0.25) is 4.79 Å². The maximum Gasteiger partial charge on any atom is 0.270 e. The molecule has 0 bridgehead atoms. The highest BCUT2D eigenvalue weighted by Gasteiger charge is 2.24. The Labute approximate surface area is 128 Å². The standard InChI is InChI=1S/C15H15N3O3S/c16-22(20,21)11-6-8-14(17-9-11)15(19)18-13-7-5-10-3-1-2-4-12(10)13/h1-4,6,8-9,13H,5,7H2,(H,18,19)(H2,16,20,21)/t13-/m0/s1. The molecule has 0 saturated heterocycles. The summed E-state index contributed by atoms with van der Waals surface area (Å²) in [5, 5.41) is 7.93. The van der Waals surface area contributed by atoms with Crippen molar-refractivity contribution in [3.05, 3.63) is 59.4 Å². The van der Waals surface area contributed by atoms with E-state index in [1.807, 2.05) is 18.2 Å². The number of sulfonamides is 1. The number of fused-ring (bicyclic) bond motifs is 1. The number of hydrogen-bond acceptors (Lipinski definition) is 4. The molecule has 1 amide bonds. The molecule has 0 fully saturated rings. The Morgan fingerprint density at radius 1 is 1.23 bits per heavy atom. The molecule has 0 saturated carbocycles. The zero-order valence-electron chi connectivity index (χ0n) is 11.7. The minimum atomic E-state index is -3.80. The summed E-state index contributed by atoms with van der Waals surface area (Å²) in [6.07, 6.45) is 2.87. The molecule has 0 spiro atoms. The Hall–Kier alpha value is -2.25. The minimum absolute atomic E-state index is 0.0385. The van der Waals surface area contributed by atoms with Crippen molar-refractivity contribution in [2.45, 2.75) is 23.8 Å². The third kappa shape index (κ3) is 2.86. The highest BCUT2D eigenvalue weighted by molar-refractivity contribution is 7.89. The van der Waals surface area contributed by atoms with Gasteiger partial charge in [-0.2, -0.15) is 0 Å². The number of nitrogens with zero attached hydrogens (tertiary/aromatic N) is 1. The normalized spacial score (nSPS) is 17.0. The molecule has 114 valence electrons. The van der Waals surface area contributed by atoms with Crippen LogP contribution in [-0.2, 0) is 16.4 Å². The van der Waals surface area contributed by atoms with E-state index in [0.717, 1.165) is 24.6 Å². The van der Waals surface area contributed by atoms with Crippen molar-refractivity contribution in [1.29, 1.82) is 0 Å². The summed E-state index contributed by atoms with van der Waals surface area (Å²) in [4.78, 5) is 16.0. The van der Waals surface area contributed by atoms with Gasteiger partial charge in [-0.1, -0.05) is 24.3 Å². The van der Waals surface area contributed by atoms with Gasteiger partial charge >= 0.3 is 0 Å². The lowest BCUT2D eigenvalue weighted by molar-refractivity contribution is 0.0931. The van der Waals surface area contributed by atoms with Crippen molar-refractivity contribution < 1.29 is 13.2 Å².